The van der Waals surface area contributed by atoms with Crippen LogP contribution in [0.3, 0.4) is 0 Å². The lowest BCUT2D eigenvalue weighted by Crippen LogP contribution is -2.23. The molecule has 88 valence electrons. The highest BCUT2D eigenvalue weighted by atomic mass is 79.9. The Hall–Kier alpha value is -1.03. The SMILES string of the molecule is Cc1ccc(OCCC(=O)N(C)C)c(Br)c1. The van der Waals surface area contributed by atoms with Gasteiger partial charge in [0.15, 0.2) is 0 Å². The van der Waals surface area contributed by atoms with Gasteiger partial charge in [0.25, 0.3) is 0 Å². The first-order valence-electron chi connectivity index (χ1n) is 5.10. The Balaban J connectivity index is 2.46. The van der Waals surface area contributed by atoms with E-state index in [1.807, 2.05) is 25.1 Å². The highest BCUT2D eigenvalue weighted by molar-refractivity contribution is 9.10. The molecule has 0 aliphatic rings. The Morgan fingerprint density at radius 1 is 1.44 bits per heavy atom. The molecular formula is C12H16BrNO2. The molecule has 0 aliphatic carbocycles. The Kier molecular flexibility index (Phi) is 4.80. The number of rotatable bonds is 4. The monoisotopic (exact) mass is 285 g/mol. The van der Waals surface area contributed by atoms with Crippen molar-refractivity contribution in [2.75, 3.05) is 20.7 Å². The van der Waals surface area contributed by atoms with Crippen molar-refractivity contribution in [1.82, 2.24) is 4.90 Å². The minimum atomic E-state index is 0.0724. The van der Waals surface area contributed by atoms with Crippen molar-refractivity contribution in [3.05, 3.63) is 28.2 Å². The van der Waals surface area contributed by atoms with Gasteiger partial charge in [0.05, 0.1) is 17.5 Å². The van der Waals surface area contributed by atoms with Crippen molar-refractivity contribution in [3.63, 3.8) is 0 Å². The summed E-state index contributed by atoms with van der Waals surface area (Å²) in [6.45, 7) is 2.42. The second-order valence-corrected chi connectivity index (χ2v) is 4.67. The molecule has 16 heavy (non-hydrogen) atoms. The van der Waals surface area contributed by atoms with Crippen molar-refractivity contribution < 1.29 is 9.53 Å². The summed E-state index contributed by atoms with van der Waals surface area (Å²) in [6, 6.07) is 5.87. The summed E-state index contributed by atoms with van der Waals surface area (Å²) < 4.78 is 6.44. The first-order valence-corrected chi connectivity index (χ1v) is 5.89. The van der Waals surface area contributed by atoms with Gasteiger partial charge in [-0.1, -0.05) is 6.07 Å². The predicted octanol–water partition coefficient (Wildman–Crippen LogP) is 2.61. The molecule has 0 radical (unpaired) electrons. The van der Waals surface area contributed by atoms with Crippen LogP contribution in [0.25, 0.3) is 0 Å². The molecule has 0 spiro atoms. The van der Waals surface area contributed by atoms with E-state index in [0.29, 0.717) is 13.0 Å². The molecule has 0 saturated heterocycles. The number of amides is 1. The third kappa shape index (κ3) is 3.85. The lowest BCUT2D eigenvalue weighted by Gasteiger charge is -2.11. The summed E-state index contributed by atoms with van der Waals surface area (Å²) in [5.41, 5.74) is 1.17. The van der Waals surface area contributed by atoms with Crippen molar-refractivity contribution in [2.24, 2.45) is 0 Å². The number of carbonyl (C=O) groups excluding carboxylic acids is 1. The fourth-order valence-electron chi connectivity index (χ4n) is 1.19. The number of aryl methyl sites for hydroxylation is 1. The standard InChI is InChI=1S/C12H16BrNO2/c1-9-4-5-11(10(13)8-9)16-7-6-12(15)14(2)3/h4-5,8H,6-7H2,1-3H3. The predicted molar refractivity (Wildman–Crippen MR) is 67.7 cm³/mol. The van der Waals surface area contributed by atoms with E-state index in [2.05, 4.69) is 15.9 Å². The second kappa shape index (κ2) is 5.89. The van der Waals surface area contributed by atoms with Gasteiger partial charge in [0.2, 0.25) is 5.91 Å². The molecule has 0 aromatic heterocycles. The first-order chi connectivity index (χ1) is 7.50. The lowest BCUT2D eigenvalue weighted by molar-refractivity contribution is -0.129. The van der Waals surface area contributed by atoms with Crippen LogP contribution in [-0.2, 0) is 4.79 Å². The topological polar surface area (TPSA) is 29.5 Å². The number of hydrogen-bond donors (Lipinski definition) is 0. The summed E-state index contributed by atoms with van der Waals surface area (Å²) in [7, 11) is 3.48. The van der Waals surface area contributed by atoms with Crippen molar-refractivity contribution in [2.45, 2.75) is 13.3 Å². The molecule has 4 heteroatoms. The second-order valence-electron chi connectivity index (χ2n) is 3.82. The van der Waals surface area contributed by atoms with E-state index >= 15 is 0 Å². The van der Waals surface area contributed by atoms with Crippen molar-refractivity contribution in [3.8, 4) is 5.75 Å². The molecular weight excluding hydrogens is 270 g/mol. The molecule has 0 N–H and O–H groups in total. The van der Waals surface area contributed by atoms with Gasteiger partial charge < -0.3 is 9.64 Å². The van der Waals surface area contributed by atoms with Gasteiger partial charge in [0.1, 0.15) is 5.75 Å². The van der Waals surface area contributed by atoms with Crippen LogP contribution < -0.4 is 4.74 Å². The molecule has 1 aromatic carbocycles. The van der Waals surface area contributed by atoms with Crippen LogP contribution in [0.4, 0.5) is 0 Å². The van der Waals surface area contributed by atoms with Gasteiger partial charge in [-0.05, 0) is 40.5 Å². The van der Waals surface area contributed by atoms with E-state index in [4.69, 9.17) is 4.74 Å². The fraction of sp³-hybridized carbons (Fsp3) is 0.417. The highest BCUT2D eigenvalue weighted by Crippen LogP contribution is 2.25. The maximum absolute atomic E-state index is 11.3. The average molecular weight is 286 g/mol. The zero-order valence-electron chi connectivity index (χ0n) is 9.79. The molecule has 1 amide bonds. The van der Waals surface area contributed by atoms with Crippen LogP contribution in [-0.4, -0.2) is 31.5 Å². The summed E-state index contributed by atoms with van der Waals surface area (Å²) in [5, 5.41) is 0. The Bertz CT molecular complexity index is 377. The normalized spacial score (nSPS) is 10.0. The van der Waals surface area contributed by atoms with E-state index < -0.39 is 0 Å². The van der Waals surface area contributed by atoms with Crippen LogP contribution in [0.15, 0.2) is 22.7 Å². The quantitative estimate of drug-likeness (QED) is 0.851. The zero-order valence-corrected chi connectivity index (χ0v) is 11.4. The highest BCUT2D eigenvalue weighted by Gasteiger charge is 2.05. The van der Waals surface area contributed by atoms with Crippen molar-refractivity contribution >= 4 is 21.8 Å². The molecule has 0 fully saturated rings. The number of ether oxygens (including phenoxy) is 1. The average Bonchev–Trinajstić information content (AvgIpc) is 2.20. The summed E-state index contributed by atoms with van der Waals surface area (Å²) in [4.78, 5) is 12.9. The van der Waals surface area contributed by atoms with E-state index in [9.17, 15) is 4.79 Å². The molecule has 1 rings (SSSR count). The smallest absolute Gasteiger partial charge is 0.225 e. The third-order valence-corrected chi connectivity index (χ3v) is 2.78. The summed E-state index contributed by atoms with van der Waals surface area (Å²) in [6.07, 6.45) is 0.396. The molecule has 0 saturated carbocycles. The van der Waals surface area contributed by atoms with Gasteiger partial charge >= 0.3 is 0 Å². The van der Waals surface area contributed by atoms with Gasteiger partial charge in [-0.15, -0.1) is 0 Å². The fourth-order valence-corrected chi connectivity index (χ4v) is 1.80. The van der Waals surface area contributed by atoms with Crippen LogP contribution in [0.1, 0.15) is 12.0 Å². The maximum atomic E-state index is 11.3. The molecule has 1 aromatic rings. The van der Waals surface area contributed by atoms with Crippen LogP contribution in [0.5, 0.6) is 5.75 Å². The number of hydrogen-bond acceptors (Lipinski definition) is 2. The van der Waals surface area contributed by atoms with Gasteiger partial charge in [0, 0.05) is 14.1 Å². The van der Waals surface area contributed by atoms with E-state index in [1.54, 1.807) is 19.0 Å². The van der Waals surface area contributed by atoms with E-state index in [1.165, 1.54) is 5.56 Å². The van der Waals surface area contributed by atoms with Crippen molar-refractivity contribution in [1.29, 1.82) is 0 Å². The Labute approximate surface area is 105 Å². The van der Waals surface area contributed by atoms with Crippen LogP contribution in [0, 0.1) is 6.92 Å². The first kappa shape index (κ1) is 13.0. The lowest BCUT2D eigenvalue weighted by atomic mass is 10.2. The zero-order chi connectivity index (χ0) is 12.1. The number of benzene rings is 1. The maximum Gasteiger partial charge on any atom is 0.225 e. The van der Waals surface area contributed by atoms with Crippen LogP contribution in [0.2, 0.25) is 0 Å². The molecule has 3 nitrogen and oxygen atoms in total. The van der Waals surface area contributed by atoms with E-state index in [-0.39, 0.29) is 5.91 Å². The van der Waals surface area contributed by atoms with Gasteiger partial charge in [-0.25, -0.2) is 0 Å². The minimum Gasteiger partial charge on any atom is -0.492 e. The molecule has 0 bridgehead atoms. The van der Waals surface area contributed by atoms with Crippen LogP contribution >= 0.6 is 15.9 Å². The third-order valence-electron chi connectivity index (χ3n) is 2.16. The largest absolute Gasteiger partial charge is 0.492 e. The summed E-state index contributed by atoms with van der Waals surface area (Å²) >= 11 is 3.42. The molecule has 0 atom stereocenters. The molecule has 0 heterocycles. The van der Waals surface area contributed by atoms with E-state index in [0.717, 1.165) is 10.2 Å². The minimum absolute atomic E-state index is 0.0724. The summed E-state index contributed by atoms with van der Waals surface area (Å²) in [5.74, 6) is 0.848. The van der Waals surface area contributed by atoms with Gasteiger partial charge in [-0.3, -0.25) is 4.79 Å². The Morgan fingerprint density at radius 3 is 2.69 bits per heavy atom. The Morgan fingerprint density at radius 2 is 2.12 bits per heavy atom. The van der Waals surface area contributed by atoms with Gasteiger partial charge in [-0.2, -0.15) is 0 Å². The molecule has 0 aliphatic heterocycles. The number of carbonyl (C=O) groups is 1. The number of nitrogens with zero attached hydrogens (tertiary/aromatic N) is 1. The number of halogens is 1. The molecule has 0 unspecified atom stereocenters.